The van der Waals surface area contributed by atoms with Crippen molar-refractivity contribution in [1.82, 2.24) is 15.0 Å². The van der Waals surface area contributed by atoms with Gasteiger partial charge in [-0.25, -0.2) is 9.97 Å². The van der Waals surface area contributed by atoms with E-state index in [1.54, 1.807) is 19.4 Å². The Bertz CT molecular complexity index is 1540. The number of rotatable bonds is 12. The maximum absolute atomic E-state index is 10.1. The van der Waals surface area contributed by atoms with E-state index in [4.69, 9.17) is 30.5 Å². The molecule has 0 spiro atoms. The fourth-order valence-corrected chi connectivity index (χ4v) is 5.91. The minimum absolute atomic E-state index is 0.100. The Kier molecular flexibility index (Phi) is 10.1. The molecule has 4 rings (SSSR count). The second-order valence-corrected chi connectivity index (χ2v) is 18.4. The Hall–Kier alpha value is -3.43. The molecule has 0 fully saturated rings. The molecule has 1 aliphatic rings. The summed E-state index contributed by atoms with van der Waals surface area (Å²) in [6.45, 7) is 19.6. The standard InChI is InChI=1S/C32H44ClN7O3Si/c1-20(2)43-29-26(16-24(33)28(40-29)35-12-13-41-7)39-30-36-11-10-25(38-30)21-14-22(17-34)27-23(15-21)32(6,18-37-27)19-42-44(8,9)31(3,4)5/h10-11,14-16,20,37H,12-13,18-19H2,1-9H3,(H,35,40)(H,36,38,39). The molecule has 3 N–H and O–H groups in total. The average Bonchev–Trinajstić information content (AvgIpc) is 3.30. The normalized spacial score (nSPS) is 16.3. The minimum atomic E-state index is -1.97. The fourth-order valence-electron chi connectivity index (χ4n) is 4.58. The third kappa shape index (κ3) is 7.43. The van der Waals surface area contributed by atoms with Crippen LogP contribution in [0.1, 0.15) is 52.7 Å². The summed E-state index contributed by atoms with van der Waals surface area (Å²) >= 11 is 6.56. The average molecular weight is 638 g/mol. The van der Waals surface area contributed by atoms with Gasteiger partial charge in [0.05, 0.1) is 34.7 Å². The zero-order valence-electron chi connectivity index (χ0n) is 27.2. The molecule has 12 heteroatoms. The SMILES string of the molecule is COCCNc1nc(OC(C)C)c(Nc2nccc(-c3cc(C#N)c4c(c3)C(C)(CO[Si](C)(C)C(C)(C)C)CN4)n2)cc1Cl. The number of nitriles is 1. The Labute approximate surface area is 267 Å². The fraction of sp³-hybridized carbons (Fsp3) is 0.500. The van der Waals surface area contributed by atoms with Gasteiger partial charge in [-0.1, -0.05) is 39.3 Å². The van der Waals surface area contributed by atoms with E-state index in [-0.39, 0.29) is 16.6 Å². The molecule has 3 heterocycles. The van der Waals surface area contributed by atoms with Crippen LogP contribution < -0.4 is 20.7 Å². The summed E-state index contributed by atoms with van der Waals surface area (Å²) in [5.74, 6) is 1.21. The number of nitrogens with one attached hydrogen (secondary N) is 3. The van der Waals surface area contributed by atoms with Crippen LogP contribution in [-0.4, -0.2) is 62.8 Å². The first-order valence-corrected chi connectivity index (χ1v) is 18.1. The highest BCUT2D eigenvalue weighted by Crippen LogP contribution is 2.44. The van der Waals surface area contributed by atoms with Crippen LogP contribution in [0.3, 0.4) is 0 Å². The van der Waals surface area contributed by atoms with E-state index < -0.39 is 8.32 Å². The van der Waals surface area contributed by atoms with Crippen LogP contribution in [0.4, 0.5) is 23.1 Å². The van der Waals surface area contributed by atoms with Crippen molar-refractivity contribution in [3.63, 3.8) is 0 Å². The van der Waals surface area contributed by atoms with Gasteiger partial charge < -0.3 is 29.9 Å². The van der Waals surface area contributed by atoms with Crippen LogP contribution in [-0.2, 0) is 14.6 Å². The van der Waals surface area contributed by atoms with Crippen molar-refractivity contribution in [3.8, 4) is 23.2 Å². The van der Waals surface area contributed by atoms with Gasteiger partial charge in [-0.15, -0.1) is 0 Å². The topological polar surface area (TPSA) is 126 Å². The van der Waals surface area contributed by atoms with Gasteiger partial charge in [-0.3, -0.25) is 0 Å². The molecule has 2 aromatic heterocycles. The van der Waals surface area contributed by atoms with Crippen molar-refractivity contribution < 1.29 is 13.9 Å². The summed E-state index contributed by atoms with van der Waals surface area (Å²) < 4.78 is 17.8. The molecular weight excluding hydrogens is 594 g/mol. The summed E-state index contributed by atoms with van der Waals surface area (Å²) in [5.41, 5.74) is 4.21. The summed E-state index contributed by atoms with van der Waals surface area (Å²) in [5, 5.41) is 20.5. The lowest BCUT2D eigenvalue weighted by atomic mass is 9.83. The number of halogens is 1. The molecule has 0 saturated heterocycles. The van der Waals surface area contributed by atoms with Crippen LogP contribution >= 0.6 is 11.6 Å². The monoisotopic (exact) mass is 637 g/mol. The molecule has 0 aliphatic carbocycles. The molecule has 1 atom stereocenters. The lowest BCUT2D eigenvalue weighted by Crippen LogP contribution is -2.45. The molecule has 0 radical (unpaired) electrons. The van der Waals surface area contributed by atoms with Crippen LogP contribution in [0.5, 0.6) is 5.88 Å². The van der Waals surface area contributed by atoms with Crippen molar-refractivity contribution in [2.45, 2.75) is 71.2 Å². The molecule has 1 aliphatic heterocycles. The predicted octanol–water partition coefficient (Wildman–Crippen LogP) is 7.36. The number of ether oxygens (including phenoxy) is 2. The van der Waals surface area contributed by atoms with Gasteiger partial charge in [0.25, 0.3) is 0 Å². The second kappa shape index (κ2) is 13.3. The maximum Gasteiger partial charge on any atom is 0.240 e. The van der Waals surface area contributed by atoms with Gasteiger partial charge in [0.15, 0.2) is 8.32 Å². The van der Waals surface area contributed by atoms with Crippen LogP contribution in [0.25, 0.3) is 11.3 Å². The Morgan fingerprint density at radius 3 is 2.61 bits per heavy atom. The third-order valence-electron chi connectivity index (χ3n) is 8.21. The number of fused-ring (bicyclic) bond motifs is 1. The van der Waals surface area contributed by atoms with Crippen LogP contribution in [0.2, 0.25) is 23.2 Å². The highest BCUT2D eigenvalue weighted by atomic mass is 35.5. The van der Waals surface area contributed by atoms with Crippen molar-refractivity contribution in [3.05, 3.63) is 46.6 Å². The van der Waals surface area contributed by atoms with Gasteiger partial charge in [-0.2, -0.15) is 10.2 Å². The number of hydrogen-bond acceptors (Lipinski definition) is 10. The van der Waals surface area contributed by atoms with Crippen molar-refractivity contribution in [2.75, 3.05) is 49.4 Å². The number of hydrogen-bond donors (Lipinski definition) is 3. The Balaban J connectivity index is 1.66. The first kappa shape index (κ1) is 33.5. The first-order valence-electron chi connectivity index (χ1n) is 14.8. The highest BCUT2D eigenvalue weighted by Gasteiger charge is 2.42. The van der Waals surface area contributed by atoms with Gasteiger partial charge in [0.2, 0.25) is 11.8 Å². The van der Waals surface area contributed by atoms with Gasteiger partial charge in [0.1, 0.15) is 17.6 Å². The Morgan fingerprint density at radius 2 is 1.95 bits per heavy atom. The van der Waals surface area contributed by atoms with E-state index >= 15 is 0 Å². The summed E-state index contributed by atoms with van der Waals surface area (Å²) in [6.07, 6.45) is 1.56. The molecule has 0 saturated carbocycles. The van der Waals surface area contributed by atoms with E-state index in [0.717, 1.165) is 16.8 Å². The lowest BCUT2D eigenvalue weighted by Gasteiger charge is -2.39. The molecule has 236 valence electrons. The van der Waals surface area contributed by atoms with E-state index in [9.17, 15) is 5.26 Å². The number of anilines is 4. The van der Waals surface area contributed by atoms with Gasteiger partial charge in [0, 0.05) is 44.0 Å². The zero-order valence-corrected chi connectivity index (χ0v) is 28.9. The largest absolute Gasteiger partial charge is 0.473 e. The third-order valence-corrected chi connectivity index (χ3v) is 13.0. The van der Waals surface area contributed by atoms with Crippen molar-refractivity contribution in [1.29, 1.82) is 5.26 Å². The van der Waals surface area contributed by atoms with E-state index in [2.05, 4.69) is 78.8 Å². The van der Waals surface area contributed by atoms with Crippen LogP contribution in [0.15, 0.2) is 30.5 Å². The van der Waals surface area contributed by atoms with E-state index in [1.165, 1.54) is 0 Å². The van der Waals surface area contributed by atoms with Crippen LogP contribution in [0, 0.1) is 11.3 Å². The molecule has 10 nitrogen and oxygen atoms in total. The molecule has 1 aromatic carbocycles. The molecule has 1 unspecified atom stereocenters. The number of nitrogens with zero attached hydrogens (tertiary/aromatic N) is 4. The lowest BCUT2D eigenvalue weighted by molar-refractivity contribution is 0.210. The van der Waals surface area contributed by atoms with Gasteiger partial charge >= 0.3 is 0 Å². The Morgan fingerprint density at radius 1 is 1.20 bits per heavy atom. The van der Waals surface area contributed by atoms with Crippen molar-refractivity contribution in [2.24, 2.45) is 0 Å². The zero-order chi connectivity index (χ0) is 32.3. The minimum Gasteiger partial charge on any atom is -0.473 e. The van der Waals surface area contributed by atoms with E-state index in [0.29, 0.717) is 65.9 Å². The van der Waals surface area contributed by atoms with Gasteiger partial charge in [-0.05, 0) is 61.8 Å². The number of pyridine rings is 1. The second-order valence-electron chi connectivity index (χ2n) is 13.2. The summed E-state index contributed by atoms with van der Waals surface area (Å²) in [7, 11) is -0.338. The predicted molar refractivity (Wildman–Crippen MR) is 180 cm³/mol. The maximum atomic E-state index is 10.1. The molecular formula is C32H44ClN7O3Si. The van der Waals surface area contributed by atoms with Crippen molar-refractivity contribution >= 4 is 43.1 Å². The number of benzene rings is 1. The quantitative estimate of drug-likeness (QED) is 0.137. The smallest absolute Gasteiger partial charge is 0.240 e. The summed E-state index contributed by atoms with van der Waals surface area (Å²) in [4.78, 5) is 13.8. The molecule has 44 heavy (non-hydrogen) atoms. The summed E-state index contributed by atoms with van der Waals surface area (Å²) in [6, 6.07) is 9.92. The van der Waals surface area contributed by atoms with E-state index in [1.807, 2.05) is 26.0 Å². The molecule has 0 amide bonds. The molecule has 3 aromatic rings. The first-order chi connectivity index (χ1) is 20.7. The number of methoxy groups -OCH3 is 1. The highest BCUT2D eigenvalue weighted by molar-refractivity contribution is 6.74. The number of aromatic nitrogens is 3. The molecule has 0 bridgehead atoms.